The number of carbonyl (C=O) groups is 2. The molecule has 0 saturated carbocycles. The zero-order valence-corrected chi connectivity index (χ0v) is 16.2. The lowest BCUT2D eigenvalue weighted by molar-refractivity contribution is -0.130. The second-order valence-electron chi connectivity index (χ2n) is 5.31. The highest BCUT2D eigenvalue weighted by Crippen LogP contribution is 2.10. The summed E-state index contributed by atoms with van der Waals surface area (Å²) in [6.07, 6.45) is 1.44. The molecule has 0 aromatic carbocycles. The number of amides is 2. The molecule has 1 aliphatic heterocycles. The van der Waals surface area contributed by atoms with Crippen molar-refractivity contribution >= 4 is 41.8 Å². The fourth-order valence-corrected chi connectivity index (χ4v) is 2.13. The molecule has 1 unspecified atom stereocenters. The van der Waals surface area contributed by atoms with E-state index in [2.05, 4.69) is 15.6 Å². The number of hydrogen-bond acceptors (Lipinski definition) is 3. The van der Waals surface area contributed by atoms with Crippen molar-refractivity contribution < 1.29 is 9.59 Å². The van der Waals surface area contributed by atoms with Crippen molar-refractivity contribution in [2.24, 2.45) is 4.99 Å². The minimum Gasteiger partial charge on any atom is -0.357 e. The monoisotopic (exact) mass is 425 g/mol. The summed E-state index contributed by atoms with van der Waals surface area (Å²) in [7, 11) is 3.42. The van der Waals surface area contributed by atoms with Gasteiger partial charge in [0.15, 0.2) is 5.96 Å². The predicted octanol–water partition coefficient (Wildman–Crippen LogP) is 0.259. The number of rotatable bonds is 5. The third-order valence-corrected chi connectivity index (χ3v) is 3.40. The van der Waals surface area contributed by atoms with Gasteiger partial charge in [-0.3, -0.25) is 9.59 Å². The third kappa shape index (κ3) is 6.80. The molecule has 0 aliphatic carbocycles. The molecule has 8 heteroatoms. The van der Waals surface area contributed by atoms with Crippen LogP contribution in [0, 0.1) is 0 Å². The van der Waals surface area contributed by atoms with Gasteiger partial charge in [0.1, 0.15) is 6.54 Å². The summed E-state index contributed by atoms with van der Waals surface area (Å²) in [5.41, 5.74) is 0. The van der Waals surface area contributed by atoms with Gasteiger partial charge in [0, 0.05) is 46.2 Å². The van der Waals surface area contributed by atoms with Crippen molar-refractivity contribution in [3.05, 3.63) is 0 Å². The highest BCUT2D eigenvalue weighted by Gasteiger charge is 2.25. The highest BCUT2D eigenvalue weighted by molar-refractivity contribution is 14.0. The van der Waals surface area contributed by atoms with Crippen LogP contribution in [0.25, 0.3) is 0 Å². The maximum atomic E-state index is 11.7. The average molecular weight is 425 g/mol. The van der Waals surface area contributed by atoms with Gasteiger partial charge in [-0.15, -0.1) is 24.0 Å². The Bertz CT molecular complexity index is 401. The Labute approximate surface area is 149 Å². The Morgan fingerprint density at radius 3 is 2.55 bits per heavy atom. The van der Waals surface area contributed by atoms with Crippen LogP contribution >= 0.6 is 24.0 Å². The van der Waals surface area contributed by atoms with E-state index < -0.39 is 0 Å². The van der Waals surface area contributed by atoms with Crippen molar-refractivity contribution in [1.29, 1.82) is 0 Å². The van der Waals surface area contributed by atoms with Crippen molar-refractivity contribution in [2.75, 3.05) is 40.3 Å². The number of likely N-dealkylation sites (tertiary alicyclic amines) is 1. The van der Waals surface area contributed by atoms with Crippen LogP contribution in [0.2, 0.25) is 0 Å². The van der Waals surface area contributed by atoms with E-state index in [9.17, 15) is 9.59 Å². The summed E-state index contributed by atoms with van der Waals surface area (Å²) in [6, 6.07) is 0.188. The third-order valence-electron chi connectivity index (χ3n) is 3.40. The molecule has 2 amide bonds. The Kier molecular flexibility index (Phi) is 10.1. The number of carbonyl (C=O) groups excluding carboxylic acids is 2. The SMILES string of the molecule is CCNC(=NCC(=O)N(C)C)NC1CCN(C(=O)CC)C1.I. The minimum atomic E-state index is -0.0404. The molecule has 1 rings (SSSR count). The molecule has 0 aromatic heterocycles. The van der Waals surface area contributed by atoms with E-state index >= 15 is 0 Å². The Balaban J connectivity index is 0.00000441. The Morgan fingerprint density at radius 1 is 1.32 bits per heavy atom. The normalized spacial score (nSPS) is 17.7. The summed E-state index contributed by atoms with van der Waals surface area (Å²) in [5.74, 6) is 0.772. The van der Waals surface area contributed by atoms with Gasteiger partial charge in [0.25, 0.3) is 0 Å². The van der Waals surface area contributed by atoms with Gasteiger partial charge in [-0.1, -0.05) is 6.92 Å². The number of likely N-dealkylation sites (N-methyl/N-ethyl adjacent to an activating group) is 1. The number of halogens is 1. The van der Waals surface area contributed by atoms with Gasteiger partial charge in [-0.05, 0) is 13.3 Å². The first-order chi connectivity index (χ1) is 9.97. The van der Waals surface area contributed by atoms with E-state index in [1.54, 1.807) is 14.1 Å². The van der Waals surface area contributed by atoms with Crippen LogP contribution in [0.15, 0.2) is 4.99 Å². The van der Waals surface area contributed by atoms with E-state index in [-0.39, 0.29) is 48.4 Å². The summed E-state index contributed by atoms with van der Waals surface area (Å²) in [5, 5.41) is 6.42. The molecule has 22 heavy (non-hydrogen) atoms. The topological polar surface area (TPSA) is 77.0 Å². The Hall–Kier alpha value is -1.06. The standard InChI is InChI=1S/C14H27N5O2.HI/c1-5-12(20)19-8-7-11(10-19)17-14(15-6-2)16-9-13(21)18(3)4;/h11H,5-10H2,1-4H3,(H2,15,16,17);1H. The average Bonchev–Trinajstić information content (AvgIpc) is 2.92. The fourth-order valence-electron chi connectivity index (χ4n) is 2.13. The van der Waals surface area contributed by atoms with Crippen LogP contribution < -0.4 is 10.6 Å². The quantitative estimate of drug-likeness (QED) is 0.377. The van der Waals surface area contributed by atoms with Crippen LogP contribution in [0.1, 0.15) is 26.7 Å². The van der Waals surface area contributed by atoms with E-state index in [0.717, 1.165) is 19.5 Å². The van der Waals surface area contributed by atoms with E-state index in [1.165, 1.54) is 4.90 Å². The first kappa shape index (κ1) is 20.9. The molecule has 0 radical (unpaired) electrons. The number of hydrogen-bond donors (Lipinski definition) is 2. The van der Waals surface area contributed by atoms with Crippen LogP contribution in [0.3, 0.4) is 0 Å². The first-order valence-corrected chi connectivity index (χ1v) is 7.50. The van der Waals surface area contributed by atoms with Crippen LogP contribution in [-0.2, 0) is 9.59 Å². The molecule has 0 bridgehead atoms. The zero-order valence-electron chi connectivity index (χ0n) is 13.9. The van der Waals surface area contributed by atoms with Gasteiger partial charge in [0.2, 0.25) is 11.8 Å². The maximum Gasteiger partial charge on any atom is 0.243 e. The lowest BCUT2D eigenvalue weighted by atomic mass is 10.3. The van der Waals surface area contributed by atoms with Gasteiger partial charge in [-0.25, -0.2) is 4.99 Å². The number of nitrogens with zero attached hydrogens (tertiary/aromatic N) is 3. The summed E-state index contributed by atoms with van der Waals surface area (Å²) < 4.78 is 0. The van der Waals surface area contributed by atoms with Crippen molar-refractivity contribution in [3.63, 3.8) is 0 Å². The highest BCUT2D eigenvalue weighted by atomic mass is 127. The first-order valence-electron chi connectivity index (χ1n) is 7.50. The Morgan fingerprint density at radius 2 is 2.00 bits per heavy atom. The molecular formula is C14H28IN5O2. The zero-order chi connectivity index (χ0) is 15.8. The van der Waals surface area contributed by atoms with Crippen molar-refractivity contribution in [3.8, 4) is 0 Å². The molecular weight excluding hydrogens is 397 g/mol. The van der Waals surface area contributed by atoms with E-state index in [1.807, 2.05) is 18.7 Å². The predicted molar refractivity (Wildman–Crippen MR) is 98.5 cm³/mol. The molecule has 1 saturated heterocycles. The van der Waals surface area contributed by atoms with Gasteiger partial charge < -0.3 is 20.4 Å². The summed E-state index contributed by atoms with van der Waals surface area (Å²) in [4.78, 5) is 30.9. The molecule has 1 fully saturated rings. The number of guanidine groups is 1. The largest absolute Gasteiger partial charge is 0.357 e. The van der Waals surface area contributed by atoms with Gasteiger partial charge in [-0.2, -0.15) is 0 Å². The molecule has 0 aromatic rings. The van der Waals surface area contributed by atoms with Crippen LogP contribution in [0.4, 0.5) is 0 Å². The molecule has 1 heterocycles. The molecule has 2 N–H and O–H groups in total. The summed E-state index contributed by atoms with van der Waals surface area (Å²) in [6.45, 7) is 6.17. The molecule has 0 spiro atoms. The maximum absolute atomic E-state index is 11.7. The van der Waals surface area contributed by atoms with E-state index in [0.29, 0.717) is 18.9 Å². The molecule has 7 nitrogen and oxygen atoms in total. The second-order valence-corrected chi connectivity index (χ2v) is 5.31. The fraction of sp³-hybridized carbons (Fsp3) is 0.786. The van der Waals surface area contributed by atoms with Gasteiger partial charge in [0.05, 0.1) is 0 Å². The smallest absolute Gasteiger partial charge is 0.243 e. The lowest BCUT2D eigenvalue weighted by Gasteiger charge is -2.18. The lowest BCUT2D eigenvalue weighted by Crippen LogP contribution is -2.45. The second kappa shape index (κ2) is 10.6. The van der Waals surface area contributed by atoms with Crippen LogP contribution in [-0.4, -0.2) is 73.9 Å². The van der Waals surface area contributed by atoms with Crippen molar-refractivity contribution in [1.82, 2.24) is 20.4 Å². The molecule has 128 valence electrons. The van der Waals surface area contributed by atoms with Gasteiger partial charge >= 0.3 is 0 Å². The minimum absolute atomic E-state index is 0. The number of aliphatic imine (C=N–C) groups is 1. The van der Waals surface area contributed by atoms with Crippen LogP contribution in [0.5, 0.6) is 0 Å². The molecule has 1 aliphatic rings. The molecule has 1 atom stereocenters. The van der Waals surface area contributed by atoms with Crippen molar-refractivity contribution in [2.45, 2.75) is 32.7 Å². The number of nitrogens with one attached hydrogen (secondary N) is 2. The van der Waals surface area contributed by atoms with E-state index in [4.69, 9.17) is 0 Å². The summed E-state index contributed by atoms with van der Waals surface area (Å²) >= 11 is 0.